The van der Waals surface area contributed by atoms with Crippen LogP contribution in [0.15, 0.2) is 101 Å². The average molecular weight is 849 g/mol. The summed E-state index contributed by atoms with van der Waals surface area (Å²) in [5.74, 6) is -1.28. The number of benzene rings is 2. The molecule has 2 aliphatic rings. The second kappa shape index (κ2) is 16.7. The number of aromatic hydroxyl groups is 2. The third-order valence-electron chi connectivity index (χ3n) is 9.75. The summed E-state index contributed by atoms with van der Waals surface area (Å²) < 4.78 is 4.23. The molecule has 306 valence electrons. The molecule has 0 atom stereocenters. The number of thiol groups is 1. The summed E-state index contributed by atoms with van der Waals surface area (Å²) in [5.41, 5.74) is -1.09. The topological polar surface area (TPSA) is 223 Å². The molecule has 2 aromatic carbocycles. The predicted molar refractivity (Wildman–Crippen MR) is 227 cm³/mol. The molecule has 4 heterocycles. The predicted octanol–water partition coefficient (Wildman–Crippen LogP) is 3.77. The Morgan fingerprint density at radius 3 is 1.43 bits per heavy atom. The highest BCUT2D eigenvalue weighted by Crippen LogP contribution is 2.36. The van der Waals surface area contributed by atoms with E-state index in [1.54, 1.807) is 50.2 Å². The van der Waals surface area contributed by atoms with Crippen LogP contribution in [0.5, 0.6) is 11.5 Å². The Bertz CT molecular complexity index is 3140. The number of carbonyl (C=O) groups is 4. The van der Waals surface area contributed by atoms with Gasteiger partial charge in [-0.05, 0) is 73.5 Å². The molecule has 6 aromatic rings. The first-order chi connectivity index (χ1) is 28.4. The minimum absolute atomic E-state index is 0.00638. The number of fused-ring (bicyclic) bond motifs is 6. The Balaban J connectivity index is 0.000000175. The van der Waals surface area contributed by atoms with Crippen LogP contribution in [0.25, 0.3) is 22.1 Å². The van der Waals surface area contributed by atoms with Gasteiger partial charge in [0.05, 0.1) is 49.3 Å². The van der Waals surface area contributed by atoms with E-state index >= 15 is 0 Å². The van der Waals surface area contributed by atoms with Crippen LogP contribution in [-0.4, -0.2) is 61.6 Å². The number of carbonyl (C=O) groups excluding carboxylic acids is 4. The number of nitrogens with zero attached hydrogens (tertiary/aromatic N) is 6. The summed E-state index contributed by atoms with van der Waals surface area (Å²) in [7, 11) is 5.60. The Morgan fingerprint density at radius 2 is 0.983 bits per heavy atom. The van der Waals surface area contributed by atoms with Crippen molar-refractivity contribution in [3.05, 3.63) is 147 Å². The van der Waals surface area contributed by atoms with Gasteiger partial charge in [-0.1, -0.05) is 25.6 Å². The number of Topliss-reactive ketones (excluding diaryl/α,β-unsaturated/α-hetero) is 1. The van der Waals surface area contributed by atoms with Gasteiger partial charge in [0.2, 0.25) is 5.78 Å². The molecule has 0 saturated heterocycles. The molecule has 4 aromatic heterocycles. The SMILES string of the molecule is CCc1nc2c(c3c1C(=O)C(Sc1ccc(O)cc1)=CC3=O)c(=O)n(C)c(=O)n2C.CCc1nc2c(c3c1C(=O)C=CC3=O)c(=O)n(C)c(=O)n2C.Oc1ccc(S)cc1. The van der Waals surface area contributed by atoms with Crippen LogP contribution < -0.4 is 22.5 Å². The number of aryl methyl sites for hydroxylation is 4. The number of phenolic OH excluding ortho intramolecular Hbond substituents is 2. The highest BCUT2D eigenvalue weighted by Gasteiger charge is 2.34. The fraction of sp³-hybridized carbons (Fsp3) is 0.190. The summed E-state index contributed by atoms with van der Waals surface area (Å²) >= 11 is 5.12. The molecule has 16 nitrogen and oxygen atoms in total. The van der Waals surface area contributed by atoms with Crippen LogP contribution in [0.2, 0.25) is 0 Å². The number of ketones is 4. The molecule has 0 bridgehead atoms. The number of allylic oxidation sites excluding steroid dienone is 4. The molecule has 0 amide bonds. The summed E-state index contributed by atoms with van der Waals surface area (Å²) in [6.07, 6.45) is 4.30. The number of phenols is 2. The highest BCUT2D eigenvalue weighted by atomic mass is 32.2. The van der Waals surface area contributed by atoms with Crippen molar-refractivity contribution in [3.63, 3.8) is 0 Å². The zero-order chi connectivity index (χ0) is 43.9. The smallest absolute Gasteiger partial charge is 0.332 e. The van der Waals surface area contributed by atoms with E-state index in [1.165, 1.54) is 61.6 Å². The van der Waals surface area contributed by atoms with Crippen molar-refractivity contribution in [2.45, 2.75) is 36.5 Å². The minimum atomic E-state index is -0.663. The van der Waals surface area contributed by atoms with Gasteiger partial charge in [0.25, 0.3) is 11.1 Å². The monoisotopic (exact) mass is 848 g/mol. The molecule has 0 unspecified atom stereocenters. The number of rotatable bonds is 4. The summed E-state index contributed by atoms with van der Waals surface area (Å²) in [4.78, 5) is 111. The van der Waals surface area contributed by atoms with Crippen LogP contribution >= 0.6 is 24.4 Å². The second-order valence-corrected chi connectivity index (χ2v) is 15.1. The van der Waals surface area contributed by atoms with Crippen molar-refractivity contribution in [2.24, 2.45) is 28.2 Å². The van der Waals surface area contributed by atoms with Gasteiger partial charge in [0, 0.05) is 44.1 Å². The van der Waals surface area contributed by atoms with Crippen molar-refractivity contribution in [1.82, 2.24) is 28.2 Å². The maximum atomic E-state index is 13.3. The molecule has 0 aliphatic heterocycles. The molecule has 2 aliphatic carbocycles. The van der Waals surface area contributed by atoms with Crippen molar-refractivity contribution >= 4 is 69.6 Å². The molecule has 0 radical (unpaired) electrons. The van der Waals surface area contributed by atoms with E-state index < -0.39 is 39.8 Å². The third kappa shape index (κ3) is 7.57. The van der Waals surface area contributed by atoms with Gasteiger partial charge in [0.15, 0.2) is 17.3 Å². The number of aromatic nitrogens is 6. The van der Waals surface area contributed by atoms with Crippen molar-refractivity contribution in [1.29, 1.82) is 0 Å². The zero-order valence-corrected chi connectivity index (χ0v) is 34.7. The number of hydrogen-bond donors (Lipinski definition) is 3. The number of hydrogen-bond acceptors (Lipinski definition) is 14. The van der Waals surface area contributed by atoms with E-state index in [0.717, 1.165) is 31.9 Å². The molecular formula is C42H36N6O10S2. The Hall–Kier alpha value is -6.92. The van der Waals surface area contributed by atoms with E-state index in [0.29, 0.717) is 29.1 Å². The second-order valence-electron chi connectivity index (χ2n) is 13.5. The summed E-state index contributed by atoms with van der Waals surface area (Å²) in [6.45, 7) is 3.58. The molecule has 0 saturated carbocycles. The van der Waals surface area contributed by atoms with Crippen LogP contribution in [0.1, 0.15) is 66.7 Å². The van der Waals surface area contributed by atoms with Crippen molar-refractivity contribution in [2.75, 3.05) is 0 Å². The van der Waals surface area contributed by atoms with E-state index in [-0.39, 0.29) is 66.5 Å². The Labute approximate surface area is 349 Å². The first-order valence-electron chi connectivity index (χ1n) is 18.2. The fourth-order valence-electron chi connectivity index (χ4n) is 6.65. The van der Waals surface area contributed by atoms with Gasteiger partial charge >= 0.3 is 11.4 Å². The molecule has 18 heteroatoms. The zero-order valence-electron chi connectivity index (χ0n) is 33.0. The molecule has 0 fully saturated rings. The number of pyridine rings is 2. The quantitative estimate of drug-likeness (QED) is 0.215. The molecule has 8 rings (SSSR count). The highest BCUT2D eigenvalue weighted by molar-refractivity contribution is 8.04. The largest absolute Gasteiger partial charge is 0.508 e. The standard InChI is InChI=1S/C21H17N3O5S.C15H13N3O4.C6H6OS/c1-4-12-15-16(17-19(22-12)23(2)21(29)24(3)20(17)28)13(26)9-14(18(15)27)30-11-7-5-10(25)6-8-11;1-4-7-10-8(19)5-6-9(20)11(10)12-13(16-7)17(2)15(22)18(3)14(12)21;7-5-1-3-6(8)4-2-5/h5-9,25H,4H2,1-3H3;5-6H,4H2,1-3H3;1-4,7-8H. The lowest BCUT2D eigenvalue weighted by Gasteiger charge is -2.20. The summed E-state index contributed by atoms with van der Waals surface area (Å²) in [5, 5.41) is 18.1. The molecule has 60 heavy (non-hydrogen) atoms. The minimum Gasteiger partial charge on any atom is -0.508 e. The average Bonchev–Trinajstić information content (AvgIpc) is 3.24. The van der Waals surface area contributed by atoms with Crippen molar-refractivity contribution in [3.8, 4) is 11.5 Å². The van der Waals surface area contributed by atoms with Gasteiger partial charge < -0.3 is 10.2 Å². The van der Waals surface area contributed by atoms with Crippen LogP contribution in [-0.2, 0) is 41.0 Å². The van der Waals surface area contributed by atoms with Gasteiger partial charge in [-0.15, -0.1) is 12.6 Å². The Morgan fingerprint density at radius 1 is 0.567 bits per heavy atom. The van der Waals surface area contributed by atoms with Crippen LogP contribution in [0.4, 0.5) is 0 Å². The van der Waals surface area contributed by atoms with E-state index in [4.69, 9.17) is 5.11 Å². The molecular weight excluding hydrogens is 813 g/mol. The normalized spacial score (nSPS) is 13.0. The first kappa shape index (κ1) is 42.7. The van der Waals surface area contributed by atoms with E-state index in [9.17, 15) is 43.5 Å². The van der Waals surface area contributed by atoms with Gasteiger partial charge in [0.1, 0.15) is 22.8 Å². The Kier molecular flexibility index (Phi) is 11.9. The lowest BCUT2D eigenvalue weighted by Crippen LogP contribution is -2.39. The van der Waals surface area contributed by atoms with Crippen LogP contribution in [0.3, 0.4) is 0 Å². The molecule has 2 N–H and O–H groups in total. The lowest BCUT2D eigenvalue weighted by molar-refractivity contribution is 0.0991. The van der Waals surface area contributed by atoms with E-state index in [2.05, 4.69) is 22.6 Å². The van der Waals surface area contributed by atoms with Gasteiger partial charge in [-0.3, -0.25) is 47.0 Å². The lowest BCUT2D eigenvalue weighted by atomic mass is 9.90. The number of thioether (sulfide) groups is 1. The van der Waals surface area contributed by atoms with Crippen molar-refractivity contribution < 1.29 is 29.4 Å². The van der Waals surface area contributed by atoms with Gasteiger partial charge in [-0.25, -0.2) is 19.6 Å². The van der Waals surface area contributed by atoms with Crippen LogP contribution in [0, 0.1) is 0 Å². The van der Waals surface area contributed by atoms with Gasteiger partial charge in [-0.2, -0.15) is 0 Å². The fourth-order valence-corrected chi connectivity index (χ4v) is 7.69. The first-order valence-corrected chi connectivity index (χ1v) is 19.4. The summed E-state index contributed by atoms with van der Waals surface area (Å²) in [6, 6.07) is 12.9. The third-order valence-corrected chi connectivity index (χ3v) is 11.1. The maximum absolute atomic E-state index is 13.3. The maximum Gasteiger partial charge on any atom is 0.332 e. The molecule has 0 spiro atoms. The van der Waals surface area contributed by atoms with E-state index in [1.807, 2.05) is 0 Å².